The monoisotopic (exact) mass is 397 g/mol. The van der Waals surface area contributed by atoms with Crippen molar-refractivity contribution in [2.24, 2.45) is 0 Å². The zero-order valence-electron chi connectivity index (χ0n) is 16.5. The number of aromatic nitrogens is 1. The summed E-state index contributed by atoms with van der Waals surface area (Å²) >= 11 is 0. The van der Waals surface area contributed by atoms with Gasteiger partial charge < -0.3 is 19.5 Å². The molecule has 2 fully saturated rings. The fourth-order valence-electron chi connectivity index (χ4n) is 3.94. The average Bonchev–Trinajstić information content (AvgIpc) is 3.30. The SMILES string of the molecule is O=C(CN1CCN(c2ccccn2)CC1)NC1CCN(C(=O)c2ccco2)CC1. The topological polar surface area (TPSA) is 81.9 Å². The summed E-state index contributed by atoms with van der Waals surface area (Å²) in [5.41, 5.74) is 0. The molecule has 4 rings (SSSR count). The maximum Gasteiger partial charge on any atom is 0.289 e. The standard InChI is InChI=1S/C21H27N5O3/c27-20(16-24-11-13-25(14-12-24)19-5-1-2-8-22-19)23-17-6-9-26(10-7-17)21(28)18-4-3-15-29-18/h1-5,8,15,17H,6-7,9-14,16H2,(H,23,27). The first-order valence-electron chi connectivity index (χ1n) is 10.2. The third-order valence-corrected chi connectivity index (χ3v) is 5.59. The second-order valence-electron chi connectivity index (χ2n) is 7.56. The van der Waals surface area contributed by atoms with Gasteiger partial charge in [-0.1, -0.05) is 6.07 Å². The van der Waals surface area contributed by atoms with E-state index >= 15 is 0 Å². The molecule has 0 bridgehead atoms. The first-order valence-corrected chi connectivity index (χ1v) is 10.2. The van der Waals surface area contributed by atoms with Crippen molar-refractivity contribution in [3.63, 3.8) is 0 Å². The number of likely N-dealkylation sites (tertiary alicyclic amines) is 1. The summed E-state index contributed by atoms with van der Waals surface area (Å²) in [6, 6.07) is 9.46. The minimum Gasteiger partial charge on any atom is -0.459 e. The lowest BCUT2D eigenvalue weighted by atomic mass is 10.0. The van der Waals surface area contributed by atoms with Gasteiger partial charge in [0.25, 0.3) is 5.91 Å². The fraction of sp³-hybridized carbons (Fsp3) is 0.476. The number of anilines is 1. The van der Waals surface area contributed by atoms with E-state index in [2.05, 4.69) is 20.1 Å². The number of piperazine rings is 1. The fourth-order valence-corrected chi connectivity index (χ4v) is 3.94. The molecule has 2 aliphatic rings. The Morgan fingerprint density at radius 2 is 1.83 bits per heavy atom. The van der Waals surface area contributed by atoms with Crippen LogP contribution in [0.1, 0.15) is 23.4 Å². The number of nitrogens with zero attached hydrogens (tertiary/aromatic N) is 4. The van der Waals surface area contributed by atoms with Crippen molar-refractivity contribution in [2.45, 2.75) is 18.9 Å². The van der Waals surface area contributed by atoms with Crippen LogP contribution in [0.5, 0.6) is 0 Å². The molecule has 1 N–H and O–H groups in total. The number of hydrogen-bond donors (Lipinski definition) is 1. The maximum atomic E-state index is 12.5. The summed E-state index contributed by atoms with van der Waals surface area (Å²) in [6.07, 6.45) is 4.86. The molecule has 2 amide bonds. The van der Waals surface area contributed by atoms with Gasteiger partial charge in [-0.25, -0.2) is 4.98 Å². The second-order valence-corrected chi connectivity index (χ2v) is 7.56. The van der Waals surface area contributed by atoms with E-state index in [9.17, 15) is 9.59 Å². The molecule has 29 heavy (non-hydrogen) atoms. The van der Waals surface area contributed by atoms with Crippen molar-refractivity contribution < 1.29 is 14.0 Å². The molecule has 0 saturated carbocycles. The normalized spacial score (nSPS) is 18.6. The quantitative estimate of drug-likeness (QED) is 0.817. The molecule has 2 saturated heterocycles. The Bertz CT molecular complexity index is 795. The van der Waals surface area contributed by atoms with Crippen LogP contribution >= 0.6 is 0 Å². The lowest BCUT2D eigenvalue weighted by molar-refractivity contribution is -0.123. The smallest absolute Gasteiger partial charge is 0.289 e. The van der Waals surface area contributed by atoms with Crippen LogP contribution in [0.4, 0.5) is 5.82 Å². The number of carbonyl (C=O) groups is 2. The molecular formula is C21H27N5O3. The van der Waals surface area contributed by atoms with Gasteiger partial charge >= 0.3 is 0 Å². The number of pyridine rings is 1. The van der Waals surface area contributed by atoms with E-state index in [1.54, 1.807) is 17.0 Å². The predicted molar refractivity (Wildman–Crippen MR) is 109 cm³/mol. The average molecular weight is 397 g/mol. The Labute approximate surface area is 170 Å². The molecular weight excluding hydrogens is 370 g/mol. The van der Waals surface area contributed by atoms with E-state index in [-0.39, 0.29) is 17.9 Å². The summed E-state index contributed by atoms with van der Waals surface area (Å²) in [4.78, 5) is 35.4. The first kappa shape index (κ1) is 19.4. The molecule has 0 unspecified atom stereocenters. The van der Waals surface area contributed by atoms with Gasteiger partial charge in [0.15, 0.2) is 5.76 Å². The highest BCUT2D eigenvalue weighted by Gasteiger charge is 2.26. The zero-order chi connectivity index (χ0) is 20.1. The van der Waals surface area contributed by atoms with E-state index < -0.39 is 0 Å². The lowest BCUT2D eigenvalue weighted by Crippen LogP contribution is -2.52. The van der Waals surface area contributed by atoms with Crippen LogP contribution in [-0.4, -0.2) is 78.5 Å². The molecule has 8 nitrogen and oxygen atoms in total. The third-order valence-electron chi connectivity index (χ3n) is 5.59. The minimum absolute atomic E-state index is 0.0621. The molecule has 2 aromatic heterocycles. The van der Waals surface area contributed by atoms with Crippen LogP contribution in [-0.2, 0) is 4.79 Å². The number of nitrogens with one attached hydrogen (secondary N) is 1. The van der Waals surface area contributed by atoms with E-state index in [0.29, 0.717) is 25.4 Å². The van der Waals surface area contributed by atoms with Crippen molar-refractivity contribution >= 4 is 17.6 Å². The van der Waals surface area contributed by atoms with E-state index in [4.69, 9.17) is 4.42 Å². The Hall–Kier alpha value is -2.87. The zero-order valence-corrected chi connectivity index (χ0v) is 16.5. The minimum atomic E-state index is -0.0782. The van der Waals surface area contributed by atoms with Crippen LogP contribution in [0.2, 0.25) is 0 Å². The lowest BCUT2D eigenvalue weighted by Gasteiger charge is -2.36. The Morgan fingerprint density at radius 1 is 1.03 bits per heavy atom. The highest BCUT2D eigenvalue weighted by Crippen LogP contribution is 2.15. The third kappa shape index (κ3) is 4.95. The van der Waals surface area contributed by atoms with Crippen LogP contribution in [0.3, 0.4) is 0 Å². The van der Waals surface area contributed by atoms with Crippen molar-refractivity contribution in [1.82, 2.24) is 20.1 Å². The molecule has 0 spiro atoms. The van der Waals surface area contributed by atoms with Gasteiger partial charge in [0.2, 0.25) is 5.91 Å². The Balaban J connectivity index is 1.17. The van der Waals surface area contributed by atoms with Crippen LogP contribution in [0.25, 0.3) is 0 Å². The van der Waals surface area contributed by atoms with Crippen LogP contribution in [0, 0.1) is 0 Å². The summed E-state index contributed by atoms with van der Waals surface area (Å²) < 4.78 is 5.19. The first-order chi connectivity index (χ1) is 14.2. The Morgan fingerprint density at radius 3 is 2.48 bits per heavy atom. The van der Waals surface area contributed by atoms with Crippen LogP contribution in [0.15, 0.2) is 47.2 Å². The van der Waals surface area contributed by atoms with Crippen molar-refractivity contribution in [3.8, 4) is 0 Å². The molecule has 154 valence electrons. The molecule has 0 atom stereocenters. The second kappa shape index (κ2) is 9.09. The van der Waals surface area contributed by atoms with Gasteiger partial charge in [-0.15, -0.1) is 0 Å². The Kier molecular flexibility index (Phi) is 6.09. The molecule has 2 aliphatic heterocycles. The number of carbonyl (C=O) groups excluding carboxylic acids is 2. The molecule has 0 aromatic carbocycles. The number of furan rings is 1. The van der Waals surface area contributed by atoms with Crippen molar-refractivity contribution in [2.75, 3.05) is 50.7 Å². The van der Waals surface area contributed by atoms with Crippen molar-refractivity contribution in [1.29, 1.82) is 0 Å². The summed E-state index contributed by atoms with van der Waals surface area (Å²) in [5, 5.41) is 3.14. The largest absolute Gasteiger partial charge is 0.459 e. The van der Waals surface area contributed by atoms with E-state index in [1.165, 1.54) is 6.26 Å². The maximum absolute atomic E-state index is 12.5. The van der Waals surface area contributed by atoms with Gasteiger partial charge in [0, 0.05) is 51.5 Å². The summed E-state index contributed by atoms with van der Waals surface area (Å²) in [5.74, 6) is 1.35. The highest BCUT2D eigenvalue weighted by molar-refractivity contribution is 5.91. The molecule has 4 heterocycles. The van der Waals surface area contributed by atoms with Gasteiger partial charge in [0.1, 0.15) is 5.82 Å². The van der Waals surface area contributed by atoms with Gasteiger partial charge in [-0.3, -0.25) is 14.5 Å². The van der Waals surface area contributed by atoms with Gasteiger partial charge in [-0.2, -0.15) is 0 Å². The summed E-state index contributed by atoms with van der Waals surface area (Å²) in [7, 11) is 0. The van der Waals surface area contributed by atoms with Crippen molar-refractivity contribution in [3.05, 3.63) is 48.6 Å². The van der Waals surface area contributed by atoms with E-state index in [1.807, 2.05) is 24.4 Å². The molecule has 8 heteroatoms. The highest BCUT2D eigenvalue weighted by atomic mass is 16.3. The molecule has 2 aromatic rings. The summed E-state index contributed by atoms with van der Waals surface area (Å²) in [6.45, 7) is 5.12. The number of amides is 2. The van der Waals surface area contributed by atoms with E-state index in [0.717, 1.165) is 44.8 Å². The van der Waals surface area contributed by atoms with Gasteiger partial charge in [0.05, 0.1) is 12.8 Å². The number of piperidine rings is 1. The number of hydrogen-bond acceptors (Lipinski definition) is 6. The molecule has 0 aliphatic carbocycles. The number of rotatable bonds is 5. The molecule has 0 radical (unpaired) electrons. The van der Waals surface area contributed by atoms with Gasteiger partial charge in [-0.05, 0) is 37.1 Å². The van der Waals surface area contributed by atoms with Crippen LogP contribution < -0.4 is 10.2 Å². The predicted octanol–water partition coefficient (Wildman–Crippen LogP) is 1.22.